The van der Waals surface area contributed by atoms with Crippen LogP contribution in [0.2, 0.25) is 0 Å². The predicted octanol–water partition coefficient (Wildman–Crippen LogP) is 4.05. The largest absolute Gasteiger partial charge is 0.492 e. The van der Waals surface area contributed by atoms with Crippen LogP contribution in [-0.4, -0.2) is 31.4 Å². The van der Waals surface area contributed by atoms with Crippen molar-refractivity contribution in [2.24, 2.45) is 5.92 Å². The summed E-state index contributed by atoms with van der Waals surface area (Å²) in [5.41, 5.74) is 0.178. The van der Waals surface area contributed by atoms with Crippen molar-refractivity contribution in [2.75, 3.05) is 25.0 Å². The number of hydrogen-bond donors (Lipinski definition) is 2. The first-order valence-corrected chi connectivity index (χ1v) is 8.20. The highest BCUT2D eigenvalue weighted by Crippen LogP contribution is 2.16. The van der Waals surface area contributed by atoms with Crippen molar-refractivity contribution in [3.63, 3.8) is 0 Å². The number of hydrogen-bond acceptors (Lipinski definition) is 4. The van der Waals surface area contributed by atoms with Crippen molar-refractivity contribution in [3.05, 3.63) is 24.3 Å². The number of nitrogens with one attached hydrogen (secondary N) is 2. The summed E-state index contributed by atoms with van der Waals surface area (Å²) in [5, 5.41) is 6.04. The summed E-state index contributed by atoms with van der Waals surface area (Å²) in [4.78, 5) is 11.7. The van der Waals surface area contributed by atoms with Gasteiger partial charge in [0.15, 0.2) is 0 Å². The van der Waals surface area contributed by atoms with E-state index in [0.29, 0.717) is 18.2 Å². The molecule has 0 spiro atoms. The molecule has 1 aromatic carbocycles. The van der Waals surface area contributed by atoms with Gasteiger partial charge >= 0.3 is 6.09 Å². The zero-order valence-corrected chi connectivity index (χ0v) is 14.9. The lowest BCUT2D eigenvalue weighted by atomic mass is 10.1. The molecule has 23 heavy (non-hydrogen) atoms. The van der Waals surface area contributed by atoms with Crippen LogP contribution in [0.5, 0.6) is 5.75 Å². The predicted molar refractivity (Wildman–Crippen MR) is 94.1 cm³/mol. The maximum Gasteiger partial charge on any atom is 0.412 e. The number of carbonyl (C=O) groups excluding carboxylic acids is 1. The molecule has 0 unspecified atom stereocenters. The van der Waals surface area contributed by atoms with E-state index >= 15 is 0 Å². The van der Waals surface area contributed by atoms with Crippen LogP contribution in [0.25, 0.3) is 0 Å². The van der Waals surface area contributed by atoms with Crippen LogP contribution in [0.3, 0.4) is 0 Å². The fourth-order valence-corrected chi connectivity index (χ4v) is 1.81. The molecule has 5 nitrogen and oxygen atoms in total. The van der Waals surface area contributed by atoms with Gasteiger partial charge in [-0.25, -0.2) is 4.79 Å². The first-order chi connectivity index (χ1) is 10.8. The van der Waals surface area contributed by atoms with Crippen molar-refractivity contribution in [1.29, 1.82) is 0 Å². The minimum absolute atomic E-state index is 0.458. The van der Waals surface area contributed by atoms with Crippen LogP contribution >= 0.6 is 0 Å². The molecule has 130 valence electrons. The quantitative estimate of drug-likeness (QED) is 0.709. The Labute approximate surface area is 139 Å². The molecule has 0 saturated carbocycles. The van der Waals surface area contributed by atoms with Crippen molar-refractivity contribution < 1.29 is 14.3 Å². The maximum absolute atomic E-state index is 11.7. The van der Waals surface area contributed by atoms with Crippen LogP contribution in [0, 0.1) is 5.92 Å². The maximum atomic E-state index is 11.7. The molecule has 0 heterocycles. The number of amides is 1. The van der Waals surface area contributed by atoms with Crippen molar-refractivity contribution in [3.8, 4) is 5.75 Å². The molecule has 1 amide bonds. The fraction of sp³-hybridized carbons (Fsp3) is 0.611. The average molecular weight is 322 g/mol. The molecule has 0 aliphatic heterocycles. The Morgan fingerprint density at radius 1 is 1.13 bits per heavy atom. The van der Waals surface area contributed by atoms with Crippen LogP contribution in [-0.2, 0) is 4.74 Å². The highest BCUT2D eigenvalue weighted by Gasteiger charge is 2.16. The van der Waals surface area contributed by atoms with E-state index in [-0.39, 0.29) is 0 Å². The van der Waals surface area contributed by atoms with Gasteiger partial charge in [-0.15, -0.1) is 0 Å². The minimum Gasteiger partial charge on any atom is -0.492 e. The first kappa shape index (κ1) is 19.3. The smallest absolute Gasteiger partial charge is 0.412 e. The van der Waals surface area contributed by atoms with E-state index in [9.17, 15) is 4.79 Å². The molecule has 0 aliphatic rings. The molecule has 1 rings (SSSR count). The third-order valence-electron chi connectivity index (χ3n) is 2.95. The summed E-state index contributed by atoms with van der Waals surface area (Å²) in [5.74, 6) is 1.50. The van der Waals surface area contributed by atoms with Gasteiger partial charge in [0, 0.05) is 12.2 Å². The summed E-state index contributed by atoms with van der Waals surface area (Å²) in [7, 11) is 0. The Hall–Kier alpha value is -1.75. The summed E-state index contributed by atoms with van der Waals surface area (Å²) >= 11 is 0. The molecular formula is C18H30N2O3. The Morgan fingerprint density at radius 2 is 1.78 bits per heavy atom. The lowest BCUT2D eigenvalue weighted by Gasteiger charge is -2.19. The third-order valence-corrected chi connectivity index (χ3v) is 2.95. The normalized spacial score (nSPS) is 11.4. The second-order valence-electron chi connectivity index (χ2n) is 6.93. The van der Waals surface area contributed by atoms with Gasteiger partial charge in [0.05, 0.1) is 0 Å². The summed E-state index contributed by atoms with van der Waals surface area (Å²) < 4.78 is 10.8. The molecule has 0 bridgehead atoms. The van der Waals surface area contributed by atoms with E-state index < -0.39 is 11.7 Å². The van der Waals surface area contributed by atoms with Crippen molar-refractivity contribution in [1.82, 2.24) is 5.32 Å². The molecular weight excluding hydrogens is 292 g/mol. The summed E-state index contributed by atoms with van der Waals surface area (Å²) in [6.07, 6.45) is 0.714. The van der Waals surface area contributed by atoms with E-state index in [1.54, 1.807) is 12.1 Å². The van der Waals surface area contributed by atoms with Crippen LogP contribution in [0.1, 0.15) is 41.0 Å². The van der Waals surface area contributed by atoms with Gasteiger partial charge in [0.2, 0.25) is 0 Å². The molecule has 0 aliphatic carbocycles. The van der Waals surface area contributed by atoms with E-state index in [1.165, 1.54) is 6.42 Å². The number of ether oxygens (including phenoxy) is 2. The van der Waals surface area contributed by atoms with Gasteiger partial charge in [0.25, 0.3) is 0 Å². The summed E-state index contributed by atoms with van der Waals surface area (Å²) in [6.45, 7) is 12.4. The topological polar surface area (TPSA) is 59.6 Å². The van der Waals surface area contributed by atoms with Crippen LogP contribution in [0.15, 0.2) is 24.3 Å². The molecule has 0 atom stereocenters. The molecule has 0 saturated heterocycles. The average Bonchev–Trinajstić information content (AvgIpc) is 2.42. The minimum atomic E-state index is -0.504. The van der Waals surface area contributed by atoms with Gasteiger partial charge in [0.1, 0.15) is 18.0 Å². The Kier molecular flexibility index (Phi) is 7.89. The monoisotopic (exact) mass is 322 g/mol. The molecule has 0 aromatic heterocycles. The fourth-order valence-electron chi connectivity index (χ4n) is 1.81. The highest BCUT2D eigenvalue weighted by atomic mass is 16.6. The van der Waals surface area contributed by atoms with E-state index in [2.05, 4.69) is 24.5 Å². The Bertz CT molecular complexity index is 464. The molecule has 5 heteroatoms. The van der Waals surface area contributed by atoms with Crippen molar-refractivity contribution >= 4 is 11.8 Å². The van der Waals surface area contributed by atoms with Crippen LogP contribution < -0.4 is 15.4 Å². The van der Waals surface area contributed by atoms with Crippen LogP contribution in [0.4, 0.5) is 10.5 Å². The van der Waals surface area contributed by atoms with E-state index in [1.807, 2.05) is 32.9 Å². The summed E-state index contributed by atoms with van der Waals surface area (Å²) in [6, 6.07) is 7.26. The number of carbonyl (C=O) groups is 1. The molecule has 2 N–H and O–H groups in total. The van der Waals surface area contributed by atoms with E-state index in [4.69, 9.17) is 9.47 Å². The van der Waals surface area contributed by atoms with Gasteiger partial charge in [-0.05, 0) is 63.9 Å². The zero-order chi connectivity index (χ0) is 17.3. The lowest BCUT2D eigenvalue weighted by molar-refractivity contribution is 0.0636. The van der Waals surface area contributed by atoms with E-state index in [0.717, 1.165) is 18.8 Å². The number of rotatable bonds is 8. The lowest BCUT2D eigenvalue weighted by Crippen LogP contribution is -2.27. The van der Waals surface area contributed by atoms with Gasteiger partial charge < -0.3 is 14.8 Å². The van der Waals surface area contributed by atoms with Gasteiger partial charge in [-0.1, -0.05) is 13.8 Å². The molecule has 0 fully saturated rings. The highest BCUT2D eigenvalue weighted by molar-refractivity contribution is 5.84. The van der Waals surface area contributed by atoms with Gasteiger partial charge in [-0.3, -0.25) is 5.32 Å². The Balaban J connectivity index is 2.27. The third kappa shape index (κ3) is 9.79. The zero-order valence-electron chi connectivity index (χ0n) is 14.9. The standard InChI is InChI=1S/C18H30N2O3/c1-14(2)10-11-19-12-13-22-16-8-6-15(7-9-16)20-17(21)23-18(3,4)5/h6-9,14,19H,10-13H2,1-5H3,(H,20,21). The molecule has 1 aromatic rings. The SMILES string of the molecule is CC(C)CCNCCOc1ccc(NC(=O)OC(C)(C)C)cc1. The Morgan fingerprint density at radius 3 is 2.35 bits per heavy atom. The second-order valence-corrected chi connectivity index (χ2v) is 6.93. The number of anilines is 1. The second kappa shape index (κ2) is 9.40. The first-order valence-electron chi connectivity index (χ1n) is 8.20. The van der Waals surface area contributed by atoms with Gasteiger partial charge in [-0.2, -0.15) is 0 Å². The molecule has 0 radical (unpaired) electrons. The van der Waals surface area contributed by atoms with Crippen molar-refractivity contribution in [2.45, 2.75) is 46.6 Å². The number of benzene rings is 1.